The number of hydrogen-bond acceptors (Lipinski definition) is 2. The van der Waals surface area contributed by atoms with Crippen LogP contribution in [0, 0.1) is 0 Å². The number of amides is 2. The van der Waals surface area contributed by atoms with E-state index in [0.29, 0.717) is 19.5 Å². The van der Waals surface area contributed by atoms with Crippen LogP contribution in [0.25, 0.3) is 0 Å². The molecule has 98 valence electrons. The molecule has 0 saturated carbocycles. The van der Waals surface area contributed by atoms with Gasteiger partial charge in [0.05, 0.1) is 0 Å². The first-order valence-electron chi connectivity index (χ1n) is 6.01. The molecule has 5 heteroatoms. The Morgan fingerprint density at radius 3 is 2.35 bits per heavy atom. The van der Waals surface area contributed by atoms with Crippen LogP contribution in [0.3, 0.4) is 0 Å². The van der Waals surface area contributed by atoms with Crippen LogP contribution in [0.5, 0.6) is 0 Å². The summed E-state index contributed by atoms with van der Waals surface area (Å²) in [6, 6.07) is -0.155. The predicted octanol–water partition coefficient (Wildman–Crippen LogP) is 1.90. The van der Waals surface area contributed by atoms with Crippen LogP contribution in [-0.4, -0.2) is 30.2 Å². The molecule has 0 aliphatic carbocycles. The van der Waals surface area contributed by atoms with E-state index in [1.54, 1.807) is 6.08 Å². The van der Waals surface area contributed by atoms with E-state index in [1.165, 1.54) is 0 Å². The highest BCUT2D eigenvalue weighted by molar-refractivity contribution is 5.73. The maximum atomic E-state index is 11.2. The molecule has 0 fully saturated rings. The molecule has 0 aromatic heterocycles. The van der Waals surface area contributed by atoms with Crippen LogP contribution in [0.4, 0.5) is 4.79 Å². The van der Waals surface area contributed by atoms with Crippen molar-refractivity contribution in [3.05, 3.63) is 12.7 Å². The Labute approximate surface area is 102 Å². The lowest BCUT2D eigenvalue weighted by Crippen LogP contribution is -2.36. The Balaban J connectivity index is 3.19. The van der Waals surface area contributed by atoms with Gasteiger partial charge in [-0.1, -0.05) is 18.9 Å². The monoisotopic (exact) mass is 242 g/mol. The van der Waals surface area contributed by atoms with Crippen molar-refractivity contribution in [1.82, 2.24) is 10.6 Å². The first-order chi connectivity index (χ1) is 8.16. The van der Waals surface area contributed by atoms with Crippen molar-refractivity contribution in [3.63, 3.8) is 0 Å². The lowest BCUT2D eigenvalue weighted by atomic mass is 10.1. The van der Waals surface area contributed by atoms with Gasteiger partial charge < -0.3 is 15.7 Å². The fourth-order valence-electron chi connectivity index (χ4n) is 1.31. The van der Waals surface area contributed by atoms with Gasteiger partial charge in [-0.05, 0) is 19.3 Å². The minimum Gasteiger partial charge on any atom is -0.481 e. The summed E-state index contributed by atoms with van der Waals surface area (Å²) in [5, 5.41) is 13.9. The van der Waals surface area contributed by atoms with E-state index in [1.807, 2.05) is 0 Å². The molecule has 17 heavy (non-hydrogen) atoms. The van der Waals surface area contributed by atoms with Gasteiger partial charge in [-0.15, -0.1) is 6.58 Å². The number of nitrogens with one attached hydrogen (secondary N) is 2. The van der Waals surface area contributed by atoms with Gasteiger partial charge in [0.1, 0.15) is 0 Å². The van der Waals surface area contributed by atoms with Gasteiger partial charge >= 0.3 is 12.0 Å². The number of carbonyl (C=O) groups is 2. The molecule has 2 amide bonds. The minimum absolute atomic E-state index is 0.155. The highest BCUT2D eigenvalue weighted by Crippen LogP contribution is 2.01. The second-order valence-corrected chi connectivity index (χ2v) is 3.82. The summed E-state index contributed by atoms with van der Waals surface area (Å²) in [7, 11) is 0. The minimum atomic E-state index is -0.746. The fraction of sp³-hybridized carbons (Fsp3) is 0.667. The van der Waals surface area contributed by atoms with E-state index in [4.69, 9.17) is 5.11 Å². The number of carboxylic acids is 1. The first kappa shape index (κ1) is 15.5. The number of urea groups is 1. The summed E-state index contributed by atoms with van der Waals surface area (Å²) in [6.07, 6.45) is 6.18. The zero-order valence-corrected chi connectivity index (χ0v) is 10.2. The Morgan fingerprint density at radius 2 is 1.71 bits per heavy atom. The van der Waals surface area contributed by atoms with Gasteiger partial charge in [0.2, 0.25) is 0 Å². The highest BCUT2D eigenvalue weighted by atomic mass is 16.4. The third-order valence-corrected chi connectivity index (χ3v) is 2.24. The Kier molecular flexibility index (Phi) is 10.00. The third-order valence-electron chi connectivity index (χ3n) is 2.24. The molecule has 0 radical (unpaired) electrons. The summed E-state index contributed by atoms with van der Waals surface area (Å²) >= 11 is 0. The normalized spacial score (nSPS) is 9.65. The maximum Gasteiger partial charge on any atom is 0.314 e. The lowest BCUT2D eigenvalue weighted by molar-refractivity contribution is -0.137. The van der Waals surface area contributed by atoms with Gasteiger partial charge in [0.15, 0.2) is 0 Å². The quantitative estimate of drug-likeness (QED) is 0.404. The lowest BCUT2D eigenvalue weighted by Gasteiger charge is -2.06. The second-order valence-electron chi connectivity index (χ2n) is 3.82. The average Bonchev–Trinajstić information content (AvgIpc) is 2.28. The van der Waals surface area contributed by atoms with Gasteiger partial charge in [-0.3, -0.25) is 4.79 Å². The molecular weight excluding hydrogens is 220 g/mol. The second kappa shape index (κ2) is 11.0. The number of unbranched alkanes of at least 4 members (excludes halogenated alkanes) is 3. The average molecular weight is 242 g/mol. The molecule has 0 aliphatic heterocycles. The first-order valence-corrected chi connectivity index (χ1v) is 6.01. The number of hydrogen-bond donors (Lipinski definition) is 3. The number of rotatable bonds is 10. The van der Waals surface area contributed by atoms with E-state index >= 15 is 0 Å². The third kappa shape index (κ3) is 12.4. The van der Waals surface area contributed by atoms with Crippen LogP contribution < -0.4 is 10.6 Å². The van der Waals surface area contributed by atoms with E-state index in [2.05, 4.69) is 17.2 Å². The van der Waals surface area contributed by atoms with Gasteiger partial charge in [0, 0.05) is 19.5 Å². The Bertz CT molecular complexity index is 242. The van der Waals surface area contributed by atoms with Crippen LogP contribution >= 0.6 is 0 Å². The number of carbonyl (C=O) groups excluding carboxylic acids is 1. The molecule has 0 unspecified atom stereocenters. The molecule has 3 N–H and O–H groups in total. The van der Waals surface area contributed by atoms with Gasteiger partial charge in [-0.25, -0.2) is 4.79 Å². The van der Waals surface area contributed by atoms with E-state index < -0.39 is 5.97 Å². The van der Waals surface area contributed by atoms with Gasteiger partial charge in [-0.2, -0.15) is 0 Å². The summed E-state index contributed by atoms with van der Waals surface area (Å²) < 4.78 is 0. The molecule has 0 heterocycles. The number of carboxylic acid groups (broad SMARTS) is 1. The molecule has 0 aromatic rings. The van der Waals surface area contributed by atoms with E-state index in [9.17, 15) is 9.59 Å². The fourth-order valence-corrected chi connectivity index (χ4v) is 1.31. The van der Waals surface area contributed by atoms with Crippen molar-refractivity contribution in [1.29, 1.82) is 0 Å². The molecule has 0 aromatic carbocycles. The molecular formula is C12H22N2O3. The van der Waals surface area contributed by atoms with Crippen molar-refractivity contribution in [2.45, 2.75) is 38.5 Å². The molecule has 0 saturated heterocycles. The van der Waals surface area contributed by atoms with E-state index in [0.717, 1.165) is 25.7 Å². The van der Waals surface area contributed by atoms with Crippen molar-refractivity contribution >= 4 is 12.0 Å². The summed E-state index contributed by atoms with van der Waals surface area (Å²) in [5.41, 5.74) is 0. The molecule has 0 rings (SSSR count). The number of aliphatic carboxylic acids is 1. The maximum absolute atomic E-state index is 11.2. The molecule has 0 spiro atoms. The van der Waals surface area contributed by atoms with E-state index in [-0.39, 0.29) is 12.5 Å². The summed E-state index contributed by atoms with van der Waals surface area (Å²) in [4.78, 5) is 21.4. The van der Waals surface area contributed by atoms with Crippen LogP contribution in [0.1, 0.15) is 38.5 Å². The zero-order valence-electron chi connectivity index (χ0n) is 10.2. The van der Waals surface area contributed by atoms with Crippen molar-refractivity contribution in [2.75, 3.05) is 13.1 Å². The Hall–Kier alpha value is -1.52. The standard InChI is InChI=1S/C12H22N2O3/c1-2-3-9-13-12(17)14-10-7-5-4-6-8-11(15)16/h2H,1,3-10H2,(H,15,16)(H2,13,14,17). The van der Waals surface area contributed by atoms with Crippen molar-refractivity contribution in [2.24, 2.45) is 0 Å². The molecule has 0 bridgehead atoms. The van der Waals surface area contributed by atoms with Gasteiger partial charge in [0.25, 0.3) is 0 Å². The molecule has 0 atom stereocenters. The topological polar surface area (TPSA) is 78.4 Å². The zero-order chi connectivity index (χ0) is 12.9. The smallest absolute Gasteiger partial charge is 0.314 e. The predicted molar refractivity (Wildman–Crippen MR) is 66.9 cm³/mol. The van der Waals surface area contributed by atoms with Crippen LogP contribution in [0.2, 0.25) is 0 Å². The molecule has 5 nitrogen and oxygen atoms in total. The van der Waals surface area contributed by atoms with Crippen LogP contribution in [-0.2, 0) is 4.79 Å². The Morgan fingerprint density at radius 1 is 1.06 bits per heavy atom. The molecule has 0 aliphatic rings. The van der Waals surface area contributed by atoms with Crippen LogP contribution in [0.15, 0.2) is 12.7 Å². The van der Waals surface area contributed by atoms with Crippen molar-refractivity contribution in [3.8, 4) is 0 Å². The SMILES string of the molecule is C=CCCNC(=O)NCCCCCCC(=O)O. The highest BCUT2D eigenvalue weighted by Gasteiger charge is 1.98. The largest absolute Gasteiger partial charge is 0.481 e. The summed E-state index contributed by atoms with van der Waals surface area (Å²) in [5.74, 6) is -0.746. The van der Waals surface area contributed by atoms with Crippen molar-refractivity contribution < 1.29 is 14.7 Å². The summed E-state index contributed by atoms with van der Waals surface area (Å²) in [6.45, 7) is 4.80.